The Bertz CT molecular complexity index is 674. The molecular weight excluding hydrogens is 342 g/mol. The van der Waals surface area contributed by atoms with Crippen molar-refractivity contribution in [2.75, 3.05) is 27.1 Å². The molecule has 1 aromatic rings. The average molecular weight is 365 g/mol. The van der Waals surface area contributed by atoms with Crippen LogP contribution in [-0.4, -0.2) is 56.3 Å². The van der Waals surface area contributed by atoms with E-state index in [-0.39, 0.29) is 18.8 Å². The van der Waals surface area contributed by atoms with Crippen LogP contribution >= 0.6 is 0 Å². The minimum atomic E-state index is -0.948. The van der Waals surface area contributed by atoms with E-state index in [1.54, 1.807) is 7.05 Å². The largest absolute Gasteiger partial charge is 0.454 e. The average Bonchev–Trinajstić information content (AvgIpc) is 2.99. The Morgan fingerprint density at radius 1 is 1.19 bits per heavy atom. The number of esters is 1. The number of carbonyl (C=O) groups is 2. The summed E-state index contributed by atoms with van der Waals surface area (Å²) in [6.45, 7) is 4.36. The van der Waals surface area contributed by atoms with Gasteiger partial charge in [-0.3, -0.25) is 4.79 Å². The summed E-state index contributed by atoms with van der Waals surface area (Å²) < 4.78 is 25.9. The topological polar surface area (TPSA) is 83.5 Å². The van der Waals surface area contributed by atoms with Gasteiger partial charge in [0.2, 0.25) is 13.1 Å². The first-order valence-corrected chi connectivity index (χ1v) is 8.54. The number of carbonyl (C=O) groups excluding carboxylic acids is 2. The molecule has 0 N–H and O–H groups in total. The summed E-state index contributed by atoms with van der Waals surface area (Å²) in [6, 6.07) is 5.58. The zero-order valence-electron chi connectivity index (χ0n) is 15.1. The zero-order valence-corrected chi connectivity index (χ0v) is 15.1. The lowest BCUT2D eigenvalue weighted by Gasteiger charge is -2.28. The molecule has 0 bridgehead atoms. The second-order valence-electron chi connectivity index (χ2n) is 6.47. The summed E-state index contributed by atoms with van der Waals surface area (Å²) in [6.07, 6.45) is -0.880. The molecule has 3 rings (SSSR count). The molecule has 1 fully saturated rings. The Morgan fingerprint density at radius 3 is 2.62 bits per heavy atom. The highest BCUT2D eigenvalue weighted by Gasteiger charge is 2.30. The number of fused-ring (bicyclic) bond motifs is 1. The third-order valence-electron chi connectivity index (χ3n) is 4.44. The number of benzene rings is 1. The highest BCUT2D eigenvalue weighted by molar-refractivity contribution is 5.74. The van der Waals surface area contributed by atoms with Crippen LogP contribution in [0, 0.1) is 5.92 Å². The van der Waals surface area contributed by atoms with Crippen molar-refractivity contribution in [2.24, 2.45) is 5.92 Å². The fourth-order valence-electron chi connectivity index (χ4n) is 2.61. The summed E-state index contributed by atoms with van der Waals surface area (Å²) in [5.74, 6) is 0.758. The van der Waals surface area contributed by atoms with Crippen LogP contribution < -0.4 is 9.47 Å². The van der Waals surface area contributed by atoms with Crippen molar-refractivity contribution < 1.29 is 33.3 Å². The highest BCUT2D eigenvalue weighted by atomic mass is 16.7. The molecule has 2 unspecified atom stereocenters. The van der Waals surface area contributed by atoms with Gasteiger partial charge in [-0.05, 0) is 31.0 Å². The van der Waals surface area contributed by atoms with Crippen LogP contribution in [0.3, 0.4) is 0 Å². The third-order valence-corrected chi connectivity index (χ3v) is 4.44. The van der Waals surface area contributed by atoms with Gasteiger partial charge in [0.1, 0.15) is 5.92 Å². The van der Waals surface area contributed by atoms with E-state index >= 15 is 0 Å². The standard InChI is InChI=1S/C18H23NO7/c1-11(6-13-4-5-15-16(7-13)24-10-23-15)19(3)18(21)26-12(2)25-17(20)14-8-22-9-14/h4-5,7,11-12,14H,6,8-10H2,1-3H3. The minimum absolute atomic E-state index is 0.120. The molecule has 2 aliphatic rings. The number of hydrogen-bond donors (Lipinski definition) is 0. The first-order chi connectivity index (χ1) is 12.4. The van der Waals surface area contributed by atoms with Crippen molar-refractivity contribution >= 4 is 12.1 Å². The van der Waals surface area contributed by atoms with Crippen molar-refractivity contribution in [3.63, 3.8) is 0 Å². The lowest BCUT2D eigenvalue weighted by atomic mass is 10.1. The van der Waals surface area contributed by atoms with Gasteiger partial charge in [0.05, 0.1) is 13.2 Å². The predicted octanol–water partition coefficient (Wildman–Crippen LogP) is 1.95. The van der Waals surface area contributed by atoms with Gasteiger partial charge in [-0.15, -0.1) is 0 Å². The summed E-state index contributed by atoms with van der Waals surface area (Å²) in [4.78, 5) is 25.4. The lowest BCUT2D eigenvalue weighted by molar-refractivity contribution is -0.184. The Morgan fingerprint density at radius 2 is 1.92 bits per heavy atom. The van der Waals surface area contributed by atoms with Gasteiger partial charge in [-0.2, -0.15) is 0 Å². The van der Waals surface area contributed by atoms with Crippen molar-refractivity contribution in [3.05, 3.63) is 23.8 Å². The molecule has 8 nitrogen and oxygen atoms in total. The second-order valence-corrected chi connectivity index (χ2v) is 6.47. The molecule has 1 saturated heterocycles. The van der Waals surface area contributed by atoms with E-state index in [9.17, 15) is 9.59 Å². The predicted molar refractivity (Wildman–Crippen MR) is 89.8 cm³/mol. The van der Waals surface area contributed by atoms with Gasteiger partial charge in [-0.25, -0.2) is 4.79 Å². The Balaban J connectivity index is 1.48. The van der Waals surface area contributed by atoms with Crippen LogP contribution in [0.4, 0.5) is 4.79 Å². The molecule has 1 aromatic carbocycles. The van der Waals surface area contributed by atoms with Crippen LogP contribution in [0.25, 0.3) is 0 Å². The molecule has 0 aliphatic carbocycles. The first-order valence-electron chi connectivity index (χ1n) is 8.54. The summed E-state index contributed by atoms with van der Waals surface area (Å²) in [7, 11) is 1.65. The van der Waals surface area contributed by atoms with Gasteiger partial charge in [0.15, 0.2) is 11.5 Å². The number of nitrogens with zero attached hydrogens (tertiary/aromatic N) is 1. The van der Waals surface area contributed by atoms with E-state index in [1.165, 1.54) is 11.8 Å². The molecule has 0 aromatic heterocycles. The van der Waals surface area contributed by atoms with E-state index in [1.807, 2.05) is 25.1 Å². The molecule has 2 atom stereocenters. The summed E-state index contributed by atoms with van der Waals surface area (Å²) >= 11 is 0. The number of hydrogen-bond acceptors (Lipinski definition) is 7. The molecule has 2 aliphatic heterocycles. The van der Waals surface area contributed by atoms with E-state index in [2.05, 4.69) is 0 Å². The summed E-state index contributed by atoms with van der Waals surface area (Å²) in [5.41, 5.74) is 1.02. The van der Waals surface area contributed by atoms with Crippen molar-refractivity contribution in [1.82, 2.24) is 4.90 Å². The van der Waals surface area contributed by atoms with Crippen LogP contribution in [-0.2, 0) is 25.4 Å². The molecule has 0 spiro atoms. The molecule has 26 heavy (non-hydrogen) atoms. The normalized spacial score (nSPS) is 17.8. The highest BCUT2D eigenvalue weighted by Crippen LogP contribution is 2.33. The fraction of sp³-hybridized carbons (Fsp3) is 0.556. The van der Waals surface area contributed by atoms with E-state index < -0.39 is 18.4 Å². The Kier molecular flexibility index (Phi) is 5.51. The number of rotatable bonds is 6. The smallest absolute Gasteiger partial charge is 0.412 e. The molecule has 142 valence electrons. The third kappa shape index (κ3) is 4.19. The number of amides is 1. The van der Waals surface area contributed by atoms with Crippen LogP contribution in [0.15, 0.2) is 18.2 Å². The van der Waals surface area contributed by atoms with Gasteiger partial charge < -0.3 is 28.6 Å². The van der Waals surface area contributed by atoms with Gasteiger partial charge in [-0.1, -0.05) is 6.07 Å². The van der Waals surface area contributed by atoms with Gasteiger partial charge >= 0.3 is 12.1 Å². The van der Waals surface area contributed by atoms with Gasteiger partial charge in [0.25, 0.3) is 0 Å². The molecule has 0 saturated carbocycles. The molecule has 2 heterocycles. The van der Waals surface area contributed by atoms with Crippen molar-refractivity contribution in [3.8, 4) is 11.5 Å². The van der Waals surface area contributed by atoms with Crippen molar-refractivity contribution in [2.45, 2.75) is 32.6 Å². The monoisotopic (exact) mass is 365 g/mol. The zero-order chi connectivity index (χ0) is 18.7. The second kappa shape index (κ2) is 7.82. The maximum Gasteiger partial charge on any atom is 0.412 e. The molecule has 1 amide bonds. The van der Waals surface area contributed by atoms with E-state index in [0.717, 1.165) is 11.3 Å². The van der Waals surface area contributed by atoms with Crippen LogP contribution in [0.1, 0.15) is 19.4 Å². The number of likely N-dealkylation sites (N-methyl/N-ethyl adjacent to an activating group) is 1. The first kappa shape index (κ1) is 18.3. The lowest BCUT2D eigenvalue weighted by Crippen LogP contribution is -2.41. The quantitative estimate of drug-likeness (QED) is 0.563. The number of ether oxygens (including phenoxy) is 5. The van der Waals surface area contributed by atoms with Crippen LogP contribution in [0.5, 0.6) is 11.5 Å². The van der Waals surface area contributed by atoms with E-state index in [4.69, 9.17) is 23.7 Å². The molecule has 0 radical (unpaired) electrons. The van der Waals surface area contributed by atoms with Crippen molar-refractivity contribution in [1.29, 1.82) is 0 Å². The molecule has 8 heteroatoms. The maximum absolute atomic E-state index is 12.3. The SMILES string of the molecule is CC(OC(=O)C1COC1)OC(=O)N(C)C(C)Cc1ccc2c(c1)OCO2. The molecular formula is C18H23NO7. The van der Waals surface area contributed by atoms with Crippen LogP contribution in [0.2, 0.25) is 0 Å². The Labute approximate surface area is 151 Å². The maximum atomic E-state index is 12.3. The van der Waals surface area contributed by atoms with Gasteiger partial charge in [0, 0.05) is 20.0 Å². The minimum Gasteiger partial charge on any atom is -0.454 e. The Hall–Kier alpha value is -2.48. The van der Waals surface area contributed by atoms with E-state index in [0.29, 0.717) is 25.4 Å². The summed E-state index contributed by atoms with van der Waals surface area (Å²) in [5, 5.41) is 0. The fourth-order valence-corrected chi connectivity index (χ4v) is 2.61.